The van der Waals surface area contributed by atoms with Crippen molar-refractivity contribution >= 4 is 39.8 Å². The van der Waals surface area contributed by atoms with Crippen LogP contribution in [-0.2, 0) is 9.53 Å². The highest BCUT2D eigenvalue weighted by Crippen LogP contribution is 2.25. The number of aromatic nitrogens is 3. The Morgan fingerprint density at radius 1 is 1.07 bits per heavy atom. The number of thiazole rings is 1. The Morgan fingerprint density at radius 2 is 1.73 bits per heavy atom. The molecule has 0 atom stereocenters. The number of carbonyl (C=O) groups is 1. The van der Waals surface area contributed by atoms with E-state index in [9.17, 15) is 4.79 Å². The van der Waals surface area contributed by atoms with Gasteiger partial charge in [-0.25, -0.2) is 19.7 Å². The summed E-state index contributed by atoms with van der Waals surface area (Å²) in [5, 5.41) is 9.21. The smallest absolute Gasteiger partial charge is 0.349 e. The van der Waals surface area contributed by atoms with Gasteiger partial charge in [-0.3, -0.25) is 0 Å². The molecule has 0 saturated heterocycles. The molecule has 30 heavy (non-hydrogen) atoms. The minimum absolute atomic E-state index is 0.311. The van der Waals surface area contributed by atoms with Crippen molar-refractivity contribution in [2.75, 3.05) is 17.2 Å². The summed E-state index contributed by atoms with van der Waals surface area (Å²) in [4.78, 5) is 25.2. The van der Waals surface area contributed by atoms with E-state index in [0.29, 0.717) is 29.8 Å². The maximum absolute atomic E-state index is 12.0. The van der Waals surface area contributed by atoms with E-state index in [0.717, 1.165) is 16.5 Å². The number of nitrogens with one attached hydrogen (secondary N) is 2. The first-order valence-electron chi connectivity index (χ1n) is 9.53. The second-order valence-electron chi connectivity index (χ2n) is 7.09. The summed E-state index contributed by atoms with van der Waals surface area (Å²) in [7, 11) is 0. The van der Waals surface area contributed by atoms with Crippen molar-refractivity contribution in [2.45, 2.75) is 40.2 Å². The van der Waals surface area contributed by atoms with Gasteiger partial charge in [0.2, 0.25) is 0 Å². The van der Waals surface area contributed by atoms with Crippen LogP contribution >= 0.6 is 11.3 Å². The SMILES string of the molecule is CCOC(=O)C(C)(C)Oc1ccc(Nc2cc(Nc3nc(C)cs3)nc(C)n2)cc1. The molecule has 3 rings (SSSR count). The van der Waals surface area contributed by atoms with E-state index < -0.39 is 11.6 Å². The third-order valence-electron chi connectivity index (χ3n) is 3.96. The van der Waals surface area contributed by atoms with Crippen LogP contribution in [0.3, 0.4) is 0 Å². The van der Waals surface area contributed by atoms with Crippen molar-refractivity contribution in [3.63, 3.8) is 0 Å². The van der Waals surface area contributed by atoms with Crippen LogP contribution in [0.1, 0.15) is 32.3 Å². The van der Waals surface area contributed by atoms with Gasteiger partial charge >= 0.3 is 5.97 Å². The van der Waals surface area contributed by atoms with E-state index in [1.807, 2.05) is 37.4 Å². The molecular formula is C21H25N5O3S. The zero-order chi connectivity index (χ0) is 21.7. The van der Waals surface area contributed by atoms with E-state index in [1.54, 1.807) is 32.9 Å². The average molecular weight is 428 g/mol. The number of benzene rings is 1. The second-order valence-corrected chi connectivity index (χ2v) is 7.95. The predicted octanol–water partition coefficient (Wildman–Crippen LogP) is 4.76. The van der Waals surface area contributed by atoms with E-state index in [1.165, 1.54) is 11.3 Å². The van der Waals surface area contributed by atoms with Crippen LogP contribution in [0.25, 0.3) is 0 Å². The van der Waals surface area contributed by atoms with Crippen molar-refractivity contribution in [3.05, 3.63) is 47.2 Å². The molecular weight excluding hydrogens is 402 g/mol. The highest BCUT2D eigenvalue weighted by Gasteiger charge is 2.31. The van der Waals surface area contributed by atoms with Crippen LogP contribution in [0.15, 0.2) is 35.7 Å². The van der Waals surface area contributed by atoms with Gasteiger partial charge in [0, 0.05) is 17.1 Å². The third kappa shape index (κ3) is 5.66. The lowest BCUT2D eigenvalue weighted by Crippen LogP contribution is -2.39. The molecule has 2 N–H and O–H groups in total. The van der Waals surface area contributed by atoms with Gasteiger partial charge in [-0.1, -0.05) is 0 Å². The highest BCUT2D eigenvalue weighted by molar-refractivity contribution is 7.13. The number of nitrogens with zero attached hydrogens (tertiary/aromatic N) is 3. The lowest BCUT2D eigenvalue weighted by molar-refractivity contribution is -0.158. The molecule has 0 fully saturated rings. The number of hydrogen-bond donors (Lipinski definition) is 2. The summed E-state index contributed by atoms with van der Waals surface area (Å²) in [5.41, 5.74) is 0.717. The van der Waals surface area contributed by atoms with E-state index in [4.69, 9.17) is 9.47 Å². The largest absolute Gasteiger partial charge is 0.476 e. The first kappa shape index (κ1) is 21.5. The van der Waals surface area contributed by atoms with Crippen LogP contribution in [-0.4, -0.2) is 33.1 Å². The molecule has 2 heterocycles. The molecule has 8 nitrogen and oxygen atoms in total. The highest BCUT2D eigenvalue weighted by atomic mass is 32.1. The third-order valence-corrected chi connectivity index (χ3v) is 4.83. The van der Waals surface area contributed by atoms with Gasteiger partial charge in [0.25, 0.3) is 0 Å². The van der Waals surface area contributed by atoms with Crippen molar-refractivity contribution in [1.82, 2.24) is 15.0 Å². The molecule has 0 aliphatic heterocycles. The normalized spacial score (nSPS) is 11.1. The van der Waals surface area contributed by atoms with Gasteiger partial charge in [-0.2, -0.15) is 0 Å². The van der Waals surface area contributed by atoms with Gasteiger partial charge < -0.3 is 20.1 Å². The zero-order valence-electron chi connectivity index (χ0n) is 17.6. The Balaban J connectivity index is 1.68. The number of ether oxygens (including phenoxy) is 2. The number of anilines is 4. The molecule has 3 aromatic rings. The Kier molecular flexibility index (Phi) is 6.51. The quantitative estimate of drug-likeness (QED) is 0.497. The summed E-state index contributed by atoms with van der Waals surface area (Å²) in [6, 6.07) is 9.10. The zero-order valence-corrected chi connectivity index (χ0v) is 18.5. The van der Waals surface area contributed by atoms with E-state index >= 15 is 0 Å². The van der Waals surface area contributed by atoms with Crippen LogP contribution < -0.4 is 15.4 Å². The predicted molar refractivity (Wildman–Crippen MR) is 118 cm³/mol. The fraction of sp³-hybridized carbons (Fsp3) is 0.333. The number of aryl methyl sites for hydroxylation is 2. The molecule has 0 aliphatic rings. The molecule has 1 aromatic carbocycles. The van der Waals surface area contributed by atoms with Gasteiger partial charge in [0.05, 0.1) is 12.3 Å². The molecule has 0 radical (unpaired) electrons. The van der Waals surface area contributed by atoms with Gasteiger partial charge in [0.15, 0.2) is 10.7 Å². The van der Waals surface area contributed by atoms with Gasteiger partial charge in [0.1, 0.15) is 23.2 Å². The molecule has 0 aliphatic carbocycles. The van der Waals surface area contributed by atoms with Crippen LogP contribution in [0.2, 0.25) is 0 Å². The monoisotopic (exact) mass is 427 g/mol. The Labute approximate surface area is 179 Å². The number of carbonyl (C=O) groups excluding carboxylic acids is 1. The summed E-state index contributed by atoms with van der Waals surface area (Å²) < 4.78 is 10.8. The van der Waals surface area contributed by atoms with Crippen LogP contribution in [0, 0.1) is 13.8 Å². The lowest BCUT2D eigenvalue weighted by Gasteiger charge is -2.24. The molecule has 158 valence electrons. The maximum atomic E-state index is 12.0. The molecule has 0 saturated carbocycles. The van der Waals surface area contributed by atoms with Crippen LogP contribution in [0.5, 0.6) is 5.75 Å². The standard InChI is InChI=1S/C21H25N5O3S/c1-6-28-19(27)21(4,5)29-16-9-7-15(8-10-16)25-17-11-18(24-14(3)23-17)26-20-22-13(2)12-30-20/h7-12H,6H2,1-5H3,(H2,22,23,24,25,26). The van der Waals surface area contributed by atoms with Crippen LogP contribution in [0.4, 0.5) is 22.5 Å². The molecule has 2 aromatic heterocycles. The maximum Gasteiger partial charge on any atom is 0.349 e. The van der Waals surface area contributed by atoms with E-state index in [2.05, 4.69) is 25.6 Å². The topological polar surface area (TPSA) is 98.3 Å². The molecule has 0 bridgehead atoms. The molecule has 0 amide bonds. The average Bonchev–Trinajstić information content (AvgIpc) is 3.07. The minimum Gasteiger partial charge on any atom is -0.476 e. The Hall–Kier alpha value is -3.20. The number of hydrogen-bond acceptors (Lipinski definition) is 9. The summed E-state index contributed by atoms with van der Waals surface area (Å²) in [6.45, 7) is 9.21. The van der Waals surface area contributed by atoms with Crippen molar-refractivity contribution < 1.29 is 14.3 Å². The molecule has 9 heteroatoms. The summed E-state index contributed by atoms with van der Waals surface area (Å²) in [6.07, 6.45) is 0. The Bertz CT molecular complexity index is 1020. The summed E-state index contributed by atoms with van der Waals surface area (Å²) >= 11 is 1.52. The fourth-order valence-corrected chi connectivity index (χ4v) is 3.31. The number of rotatable bonds is 8. The van der Waals surface area contributed by atoms with Gasteiger partial charge in [-0.05, 0) is 58.9 Å². The first-order chi connectivity index (χ1) is 14.2. The molecule has 0 unspecified atom stereocenters. The molecule has 0 spiro atoms. The van der Waals surface area contributed by atoms with E-state index in [-0.39, 0.29) is 0 Å². The summed E-state index contributed by atoms with van der Waals surface area (Å²) in [5.74, 6) is 2.11. The van der Waals surface area contributed by atoms with Crippen molar-refractivity contribution in [1.29, 1.82) is 0 Å². The fourth-order valence-electron chi connectivity index (χ4n) is 2.61. The Morgan fingerprint density at radius 3 is 2.33 bits per heavy atom. The van der Waals surface area contributed by atoms with Crippen molar-refractivity contribution in [3.8, 4) is 5.75 Å². The van der Waals surface area contributed by atoms with Crippen molar-refractivity contribution in [2.24, 2.45) is 0 Å². The second kappa shape index (κ2) is 9.08. The minimum atomic E-state index is -1.07. The lowest BCUT2D eigenvalue weighted by atomic mass is 10.1. The van der Waals surface area contributed by atoms with Gasteiger partial charge in [-0.15, -0.1) is 11.3 Å². The number of esters is 1. The first-order valence-corrected chi connectivity index (χ1v) is 10.4.